The Morgan fingerprint density at radius 1 is 1.44 bits per heavy atom. The third-order valence-corrected chi connectivity index (χ3v) is 3.30. The molecule has 0 saturated carbocycles. The van der Waals surface area contributed by atoms with E-state index in [4.69, 9.17) is 22.1 Å². The fraction of sp³-hybridized carbons (Fsp3) is 0.500. The van der Waals surface area contributed by atoms with E-state index in [0.29, 0.717) is 6.54 Å². The summed E-state index contributed by atoms with van der Waals surface area (Å²) in [5, 5.41) is 0.757. The van der Waals surface area contributed by atoms with Gasteiger partial charge in [-0.2, -0.15) is 0 Å². The lowest BCUT2D eigenvalue weighted by molar-refractivity contribution is -0.0576. The zero-order chi connectivity index (χ0) is 11.5. The summed E-state index contributed by atoms with van der Waals surface area (Å²) in [5.74, 6) is 0. The van der Waals surface area contributed by atoms with Gasteiger partial charge in [0, 0.05) is 18.1 Å². The van der Waals surface area contributed by atoms with Gasteiger partial charge in [0.1, 0.15) is 0 Å². The molecule has 2 atom stereocenters. The maximum absolute atomic E-state index is 5.89. The summed E-state index contributed by atoms with van der Waals surface area (Å²) in [7, 11) is 2.10. The number of morpholine rings is 1. The lowest BCUT2D eigenvalue weighted by atomic mass is 9.98. The van der Waals surface area contributed by atoms with Crippen molar-refractivity contribution in [1.29, 1.82) is 0 Å². The molecule has 0 amide bonds. The molecule has 88 valence electrons. The summed E-state index contributed by atoms with van der Waals surface area (Å²) in [5.41, 5.74) is 6.96. The standard InChI is InChI=1S/C12H17ClN2O/c1-15-6-7-16-11(8-14)12(15)9-2-4-10(13)5-3-9/h2-5,11-12H,6-8,14H2,1H3. The van der Waals surface area contributed by atoms with E-state index in [1.807, 2.05) is 24.3 Å². The van der Waals surface area contributed by atoms with E-state index in [-0.39, 0.29) is 12.1 Å². The lowest BCUT2D eigenvalue weighted by Crippen LogP contribution is -2.46. The van der Waals surface area contributed by atoms with Crippen molar-refractivity contribution >= 4 is 11.6 Å². The second kappa shape index (κ2) is 5.15. The number of ether oxygens (including phenoxy) is 1. The number of halogens is 1. The molecular formula is C12H17ClN2O. The van der Waals surface area contributed by atoms with E-state index < -0.39 is 0 Å². The number of rotatable bonds is 2. The Kier molecular flexibility index (Phi) is 3.82. The van der Waals surface area contributed by atoms with Crippen LogP contribution in [0, 0.1) is 0 Å². The predicted molar refractivity (Wildman–Crippen MR) is 65.6 cm³/mol. The highest BCUT2D eigenvalue weighted by atomic mass is 35.5. The maximum atomic E-state index is 5.89. The molecule has 0 spiro atoms. The molecule has 2 unspecified atom stereocenters. The minimum absolute atomic E-state index is 0.0694. The second-order valence-corrected chi connectivity index (χ2v) is 4.56. The van der Waals surface area contributed by atoms with Crippen molar-refractivity contribution in [2.24, 2.45) is 5.73 Å². The Morgan fingerprint density at radius 2 is 2.12 bits per heavy atom. The van der Waals surface area contributed by atoms with Gasteiger partial charge in [-0.25, -0.2) is 0 Å². The van der Waals surface area contributed by atoms with Crippen molar-refractivity contribution in [3.63, 3.8) is 0 Å². The van der Waals surface area contributed by atoms with E-state index in [2.05, 4.69) is 11.9 Å². The first kappa shape index (κ1) is 11.9. The predicted octanol–water partition coefficient (Wildman–Crippen LogP) is 1.67. The van der Waals surface area contributed by atoms with Gasteiger partial charge in [0.05, 0.1) is 18.8 Å². The highest BCUT2D eigenvalue weighted by Gasteiger charge is 2.30. The monoisotopic (exact) mass is 240 g/mol. The zero-order valence-electron chi connectivity index (χ0n) is 9.40. The minimum Gasteiger partial charge on any atom is -0.374 e. The topological polar surface area (TPSA) is 38.5 Å². The third kappa shape index (κ3) is 2.38. The first-order valence-electron chi connectivity index (χ1n) is 5.49. The normalized spacial score (nSPS) is 26.9. The van der Waals surface area contributed by atoms with Crippen molar-refractivity contribution in [2.45, 2.75) is 12.1 Å². The third-order valence-electron chi connectivity index (χ3n) is 3.05. The van der Waals surface area contributed by atoms with Crippen LogP contribution in [0.5, 0.6) is 0 Å². The van der Waals surface area contributed by atoms with Crippen LogP contribution in [0.2, 0.25) is 5.02 Å². The van der Waals surface area contributed by atoms with Crippen LogP contribution in [0.1, 0.15) is 11.6 Å². The minimum atomic E-state index is 0.0694. The van der Waals surface area contributed by atoms with E-state index in [1.165, 1.54) is 5.56 Å². The highest BCUT2D eigenvalue weighted by molar-refractivity contribution is 6.30. The number of hydrogen-bond acceptors (Lipinski definition) is 3. The van der Waals surface area contributed by atoms with Crippen LogP contribution in [-0.4, -0.2) is 37.7 Å². The molecule has 0 aromatic heterocycles. The van der Waals surface area contributed by atoms with Gasteiger partial charge in [0.2, 0.25) is 0 Å². The molecule has 1 aliphatic heterocycles. The number of hydrogen-bond donors (Lipinski definition) is 1. The lowest BCUT2D eigenvalue weighted by Gasteiger charge is -2.39. The molecule has 1 heterocycles. The van der Waals surface area contributed by atoms with E-state index >= 15 is 0 Å². The Morgan fingerprint density at radius 3 is 2.75 bits per heavy atom. The van der Waals surface area contributed by atoms with Gasteiger partial charge in [-0.15, -0.1) is 0 Å². The Hall–Kier alpha value is -0.610. The number of benzene rings is 1. The van der Waals surface area contributed by atoms with Crippen LogP contribution in [0.25, 0.3) is 0 Å². The van der Waals surface area contributed by atoms with Gasteiger partial charge in [-0.1, -0.05) is 23.7 Å². The molecular weight excluding hydrogens is 224 g/mol. The Bertz CT molecular complexity index is 341. The van der Waals surface area contributed by atoms with Gasteiger partial charge >= 0.3 is 0 Å². The average molecular weight is 241 g/mol. The van der Waals surface area contributed by atoms with Crippen molar-refractivity contribution in [3.8, 4) is 0 Å². The van der Waals surface area contributed by atoms with Gasteiger partial charge in [0.15, 0.2) is 0 Å². The summed E-state index contributed by atoms with van der Waals surface area (Å²) in [6.45, 7) is 2.23. The largest absolute Gasteiger partial charge is 0.374 e. The van der Waals surface area contributed by atoms with Gasteiger partial charge in [0.25, 0.3) is 0 Å². The van der Waals surface area contributed by atoms with Crippen molar-refractivity contribution < 1.29 is 4.74 Å². The molecule has 0 bridgehead atoms. The van der Waals surface area contributed by atoms with E-state index in [0.717, 1.165) is 18.2 Å². The summed E-state index contributed by atoms with van der Waals surface area (Å²) < 4.78 is 5.70. The van der Waals surface area contributed by atoms with Crippen LogP contribution in [0.15, 0.2) is 24.3 Å². The molecule has 1 aliphatic rings. The van der Waals surface area contributed by atoms with E-state index in [1.54, 1.807) is 0 Å². The fourth-order valence-electron chi connectivity index (χ4n) is 2.19. The fourth-order valence-corrected chi connectivity index (χ4v) is 2.31. The van der Waals surface area contributed by atoms with Crippen LogP contribution < -0.4 is 5.73 Å². The molecule has 2 N–H and O–H groups in total. The molecule has 1 aromatic rings. The smallest absolute Gasteiger partial charge is 0.0894 e. The van der Waals surface area contributed by atoms with Gasteiger partial charge in [-0.05, 0) is 24.7 Å². The van der Waals surface area contributed by atoms with Crippen LogP contribution in [0.4, 0.5) is 0 Å². The maximum Gasteiger partial charge on any atom is 0.0894 e. The number of nitrogens with two attached hydrogens (primary N) is 1. The molecule has 0 aliphatic carbocycles. The SMILES string of the molecule is CN1CCOC(CN)C1c1ccc(Cl)cc1. The molecule has 0 radical (unpaired) electrons. The quantitative estimate of drug-likeness (QED) is 0.855. The molecule has 2 rings (SSSR count). The molecule has 1 fully saturated rings. The number of likely N-dealkylation sites (N-methyl/N-ethyl adjacent to an activating group) is 1. The Balaban J connectivity index is 2.24. The first-order valence-corrected chi connectivity index (χ1v) is 5.87. The highest BCUT2D eigenvalue weighted by Crippen LogP contribution is 2.28. The molecule has 3 nitrogen and oxygen atoms in total. The van der Waals surface area contributed by atoms with Crippen LogP contribution in [0.3, 0.4) is 0 Å². The molecule has 1 saturated heterocycles. The van der Waals surface area contributed by atoms with Crippen molar-refractivity contribution in [1.82, 2.24) is 4.90 Å². The zero-order valence-corrected chi connectivity index (χ0v) is 10.2. The summed E-state index contributed by atoms with van der Waals surface area (Å²) in [6, 6.07) is 8.14. The van der Waals surface area contributed by atoms with Crippen molar-refractivity contribution in [3.05, 3.63) is 34.9 Å². The van der Waals surface area contributed by atoms with Crippen LogP contribution >= 0.6 is 11.6 Å². The van der Waals surface area contributed by atoms with Crippen LogP contribution in [-0.2, 0) is 4.74 Å². The number of nitrogens with zero attached hydrogens (tertiary/aromatic N) is 1. The summed E-state index contributed by atoms with van der Waals surface area (Å²) in [6.07, 6.45) is 0.0694. The average Bonchev–Trinajstić information content (AvgIpc) is 2.30. The van der Waals surface area contributed by atoms with E-state index in [9.17, 15) is 0 Å². The van der Waals surface area contributed by atoms with Crippen molar-refractivity contribution in [2.75, 3.05) is 26.7 Å². The van der Waals surface area contributed by atoms with Gasteiger partial charge in [-0.3, -0.25) is 4.90 Å². The molecule has 1 aromatic carbocycles. The molecule has 4 heteroatoms. The van der Waals surface area contributed by atoms with Gasteiger partial charge < -0.3 is 10.5 Å². The summed E-state index contributed by atoms with van der Waals surface area (Å²) >= 11 is 5.89. The Labute approximate surface area is 101 Å². The first-order chi connectivity index (χ1) is 7.72. The second-order valence-electron chi connectivity index (χ2n) is 4.12. The summed E-state index contributed by atoms with van der Waals surface area (Å²) in [4.78, 5) is 2.28. The molecule has 16 heavy (non-hydrogen) atoms.